The first-order chi connectivity index (χ1) is 12.0. The quantitative estimate of drug-likeness (QED) is 0.905. The molecule has 2 atom stereocenters. The van der Waals surface area contributed by atoms with Crippen molar-refractivity contribution in [2.24, 2.45) is 0 Å². The molecule has 5 heteroatoms. The van der Waals surface area contributed by atoms with E-state index in [2.05, 4.69) is 0 Å². The Morgan fingerprint density at radius 2 is 1.96 bits per heavy atom. The summed E-state index contributed by atoms with van der Waals surface area (Å²) in [4.78, 5) is 25.6. The van der Waals surface area contributed by atoms with E-state index in [0.29, 0.717) is 6.54 Å². The molecule has 1 saturated heterocycles. The van der Waals surface area contributed by atoms with Gasteiger partial charge in [0.25, 0.3) is 0 Å². The molecule has 1 amide bonds. The normalized spacial score (nSPS) is 18.3. The Kier molecular flexibility index (Phi) is 4.93. The molecule has 1 aliphatic heterocycles. The van der Waals surface area contributed by atoms with Gasteiger partial charge in [0.2, 0.25) is 5.91 Å². The van der Waals surface area contributed by atoms with Gasteiger partial charge in [0.05, 0.1) is 19.4 Å². The zero-order valence-electron chi connectivity index (χ0n) is 14.6. The second kappa shape index (κ2) is 7.13. The number of carbonyl (C=O) groups is 2. The molecule has 0 aromatic heterocycles. The molecule has 1 aliphatic rings. The van der Waals surface area contributed by atoms with Crippen LogP contribution in [0.15, 0.2) is 36.4 Å². The summed E-state index contributed by atoms with van der Waals surface area (Å²) in [6, 6.07) is 11.7. The van der Waals surface area contributed by atoms with Crippen molar-refractivity contribution in [3.8, 4) is 5.75 Å². The van der Waals surface area contributed by atoms with Gasteiger partial charge in [0, 0.05) is 12.6 Å². The van der Waals surface area contributed by atoms with Gasteiger partial charge in [-0.25, -0.2) is 0 Å². The molecule has 2 aromatic rings. The third-order valence-corrected chi connectivity index (χ3v) is 5.01. The van der Waals surface area contributed by atoms with E-state index in [4.69, 9.17) is 9.84 Å². The second-order valence-electron chi connectivity index (χ2n) is 6.62. The van der Waals surface area contributed by atoms with E-state index >= 15 is 0 Å². The van der Waals surface area contributed by atoms with Crippen LogP contribution in [0.3, 0.4) is 0 Å². The number of rotatable bonds is 5. The Labute approximate surface area is 147 Å². The zero-order valence-corrected chi connectivity index (χ0v) is 14.6. The standard InChI is InChI=1S/C20H23NO4/c1-13(20(24)21-9-3-4-17(21)12-19(22)23)14-5-6-16-11-18(25-2)8-7-15(16)10-14/h5-8,10-11,13,17H,3-4,9,12H2,1-2H3,(H,22,23)/t13-,17?/m0/s1. The number of benzene rings is 2. The van der Waals surface area contributed by atoms with E-state index < -0.39 is 5.97 Å². The Morgan fingerprint density at radius 3 is 2.68 bits per heavy atom. The summed E-state index contributed by atoms with van der Waals surface area (Å²) in [5, 5.41) is 11.2. The summed E-state index contributed by atoms with van der Waals surface area (Å²) in [6.45, 7) is 2.54. The molecular weight excluding hydrogens is 318 g/mol. The van der Waals surface area contributed by atoms with Gasteiger partial charge in [-0.1, -0.05) is 24.3 Å². The maximum Gasteiger partial charge on any atom is 0.305 e. The van der Waals surface area contributed by atoms with Gasteiger partial charge in [-0.3, -0.25) is 9.59 Å². The van der Waals surface area contributed by atoms with Gasteiger partial charge in [-0.2, -0.15) is 0 Å². The summed E-state index contributed by atoms with van der Waals surface area (Å²) >= 11 is 0. The smallest absolute Gasteiger partial charge is 0.305 e. The first kappa shape index (κ1) is 17.3. The summed E-state index contributed by atoms with van der Waals surface area (Å²) < 4.78 is 5.24. The average molecular weight is 341 g/mol. The maximum absolute atomic E-state index is 12.9. The molecule has 1 heterocycles. The van der Waals surface area contributed by atoms with Gasteiger partial charge >= 0.3 is 5.97 Å². The van der Waals surface area contributed by atoms with E-state index in [1.807, 2.05) is 43.3 Å². The number of fused-ring (bicyclic) bond motifs is 1. The maximum atomic E-state index is 12.9. The summed E-state index contributed by atoms with van der Waals surface area (Å²) in [7, 11) is 1.64. The minimum absolute atomic E-state index is 0.0108. The van der Waals surface area contributed by atoms with Crippen molar-refractivity contribution in [1.29, 1.82) is 0 Å². The van der Waals surface area contributed by atoms with Crippen LogP contribution >= 0.6 is 0 Å². The van der Waals surface area contributed by atoms with Gasteiger partial charge < -0.3 is 14.7 Å². The van der Waals surface area contributed by atoms with Gasteiger partial charge in [-0.05, 0) is 48.2 Å². The van der Waals surface area contributed by atoms with E-state index in [9.17, 15) is 9.59 Å². The molecule has 0 bridgehead atoms. The summed E-state index contributed by atoms with van der Waals surface area (Å²) in [5.41, 5.74) is 0.948. The Morgan fingerprint density at radius 1 is 1.24 bits per heavy atom. The molecule has 25 heavy (non-hydrogen) atoms. The van der Waals surface area contributed by atoms with Gasteiger partial charge in [-0.15, -0.1) is 0 Å². The molecule has 2 aromatic carbocycles. The number of ether oxygens (including phenoxy) is 1. The highest BCUT2D eigenvalue weighted by Gasteiger charge is 2.33. The monoisotopic (exact) mass is 341 g/mol. The first-order valence-corrected chi connectivity index (χ1v) is 8.59. The Bertz CT molecular complexity index is 801. The number of hydrogen-bond donors (Lipinski definition) is 1. The highest BCUT2D eigenvalue weighted by Crippen LogP contribution is 2.29. The third kappa shape index (κ3) is 3.60. The molecule has 132 valence electrons. The minimum Gasteiger partial charge on any atom is -0.497 e. The molecule has 5 nitrogen and oxygen atoms in total. The number of carbonyl (C=O) groups excluding carboxylic acids is 1. The van der Waals surface area contributed by atoms with E-state index in [-0.39, 0.29) is 24.3 Å². The van der Waals surface area contributed by atoms with Crippen molar-refractivity contribution in [1.82, 2.24) is 4.90 Å². The van der Waals surface area contributed by atoms with Crippen molar-refractivity contribution >= 4 is 22.6 Å². The lowest BCUT2D eigenvalue weighted by atomic mass is 9.96. The van der Waals surface area contributed by atoms with Crippen LogP contribution in [-0.2, 0) is 9.59 Å². The molecule has 1 N–H and O–H groups in total. The number of likely N-dealkylation sites (tertiary alicyclic amines) is 1. The van der Waals surface area contributed by atoms with Crippen LogP contribution in [0.2, 0.25) is 0 Å². The van der Waals surface area contributed by atoms with Crippen LogP contribution in [0, 0.1) is 0 Å². The summed E-state index contributed by atoms with van der Waals surface area (Å²) in [6.07, 6.45) is 1.66. The fraction of sp³-hybridized carbons (Fsp3) is 0.400. The highest BCUT2D eigenvalue weighted by atomic mass is 16.5. The van der Waals surface area contributed by atoms with E-state index in [1.165, 1.54) is 0 Å². The topological polar surface area (TPSA) is 66.8 Å². The third-order valence-electron chi connectivity index (χ3n) is 5.01. The second-order valence-corrected chi connectivity index (χ2v) is 6.62. The molecule has 0 spiro atoms. The molecular formula is C20H23NO4. The lowest BCUT2D eigenvalue weighted by Gasteiger charge is -2.27. The van der Waals surface area contributed by atoms with Crippen molar-refractivity contribution < 1.29 is 19.4 Å². The number of carboxylic acid groups (broad SMARTS) is 1. The molecule has 1 fully saturated rings. The van der Waals surface area contributed by atoms with Crippen LogP contribution < -0.4 is 4.74 Å². The largest absolute Gasteiger partial charge is 0.497 e. The number of carboxylic acids is 1. The Balaban J connectivity index is 1.82. The van der Waals surface area contributed by atoms with Gasteiger partial charge in [0.15, 0.2) is 0 Å². The minimum atomic E-state index is -0.850. The van der Waals surface area contributed by atoms with Crippen molar-refractivity contribution in [3.05, 3.63) is 42.0 Å². The molecule has 0 aliphatic carbocycles. The molecule has 1 unspecified atom stereocenters. The molecule has 3 rings (SSSR count). The summed E-state index contributed by atoms with van der Waals surface area (Å²) in [5.74, 6) is -0.326. The van der Waals surface area contributed by atoms with Crippen LogP contribution in [0.1, 0.15) is 37.7 Å². The fourth-order valence-corrected chi connectivity index (χ4v) is 3.57. The Hall–Kier alpha value is -2.56. The van der Waals surface area contributed by atoms with E-state index in [1.54, 1.807) is 12.0 Å². The van der Waals surface area contributed by atoms with Crippen LogP contribution in [0.4, 0.5) is 0 Å². The van der Waals surface area contributed by atoms with Crippen LogP contribution in [-0.4, -0.2) is 41.6 Å². The van der Waals surface area contributed by atoms with Crippen molar-refractivity contribution in [2.75, 3.05) is 13.7 Å². The number of amides is 1. The first-order valence-electron chi connectivity index (χ1n) is 8.59. The molecule has 0 radical (unpaired) electrons. The SMILES string of the molecule is COc1ccc2cc([C@H](C)C(=O)N3CCCC3CC(=O)O)ccc2c1. The molecule has 0 saturated carbocycles. The number of aliphatic carboxylic acids is 1. The fourth-order valence-electron chi connectivity index (χ4n) is 3.57. The predicted molar refractivity (Wildman–Crippen MR) is 95.9 cm³/mol. The zero-order chi connectivity index (χ0) is 18.0. The van der Waals surface area contributed by atoms with E-state index in [0.717, 1.165) is 34.9 Å². The van der Waals surface area contributed by atoms with Gasteiger partial charge in [0.1, 0.15) is 5.75 Å². The lowest BCUT2D eigenvalue weighted by Crippen LogP contribution is -2.39. The number of methoxy groups -OCH3 is 1. The van der Waals surface area contributed by atoms with Crippen molar-refractivity contribution in [2.45, 2.75) is 38.1 Å². The highest BCUT2D eigenvalue weighted by molar-refractivity contribution is 5.88. The van der Waals surface area contributed by atoms with Crippen molar-refractivity contribution in [3.63, 3.8) is 0 Å². The lowest BCUT2D eigenvalue weighted by molar-refractivity contribution is -0.140. The average Bonchev–Trinajstić information content (AvgIpc) is 3.06. The predicted octanol–water partition coefficient (Wildman–Crippen LogP) is 3.42. The van der Waals surface area contributed by atoms with Crippen LogP contribution in [0.5, 0.6) is 5.75 Å². The van der Waals surface area contributed by atoms with Crippen LogP contribution in [0.25, 0.3) is 10.8 Å². The number of hydrogen-bond acceptors (Lipinski definition) is 3. The number of nitrogens with zero attached hydrogens (tertiary/aromatic N) is 1.